The Labute approximate surface area is 145 Å². The zero-order valence-corrected chi connectivity index (χ0v) is 14.3. The molecule has 0 saturated heterocycles. The fraction of sp³-hybridized carbons (Fsp3) is 0.150. The van der Waals surface area contributed by atoms with Crippen molar-refractivity contribution in [2.45, 2.75) is 13.0 Å². The molecule has 0 saturated carbocycles. The van der Waals surface area contributed by atoms with Gasteiger partial charge in [0.1, 0.15) is 5.75 Å². The average Bonchev–Trinajstić information content (AvgIpc) is 3.16. The van der Waals surface area contributed by atoms with Gasteiger partial charge in [-0.3, -0.25) is 4.79 Å². The predicted molar refractivity (Wildman–Crippen MR) is 97.7 cm³/mol. The van der Waals surface area contributed by atoms with Gasteiger partial charge in [-0.05, 0) is 41.6 Å². The molecule has 0 aliphatic carbocycles. The highest BCUT2D eigenvalue weighted by Gasteiger charge is 2.18. The molecule has 0 unspecified atom stereocenters. The molecule has 0 aliphatic heterocycles. The van der Waals surface area contributed by atoms with Gasteiger partial charge in [-0.25, -0.2) is 0 Å². The van der Waals surface area contributed by atoms with Crippen LogP contribution in [-0.2, 0) is 0 Å². The van der Waals surface area contributed by atoms with E-state index in [1.54, 1.807) is 0 Å². The lowest BCUT2D eigenvalue weighted by Crippen LogP contribution is -2.28. The Balaban J connectivity index is 1.89. The molecule has 0 radical (unpaired) electrons. The number of hydrogen-bond acceptors (Lipinski definition) is 3. The van der Waals surface area contributed by atoms with Crippen molar-refractivity contribution in [2.75, 3.05) is 6.61 Å². The SMILES string of the molecule is CCOc1ccc([C@@H](NC(=O)c2cccs2)c2ccccc2)cc1. The molecule has 1 N–H and O–H groups in total. The van der Waals surface area contributed by atoms with Gasteiger partial charge in [0.25, 0.3) is 5.91 Å². The van der Waals surface area contributed by atoms with Crippen LogP contribution in [0.4, 0.5) is 0 Å². The van der Waals surface area contributed by atoms with Crippen LogP contribution in [-0.4, -0.2) is 12.5 Å². The summed E-state index contributed by atoms with van der Waals surface area (Å²) < 4.78 is 5.50. The Morgan fingerprint density at radius 3 is 2.33 bits per heavy atom. The van der Waals surface area contributed by atoms with Crippen LogP contribution in [0, 0.1) is 0 Å². The highest BCUT2D eigenvalue weighted by molar-refractivity contribution is 7.12. The number of ether oxygens (including phenoxy) is 1. The number of carbonyl (C=O) groups is 1. The number of carbonyl (C=O) groups excluding carboxylic acids is 1. The maximum Gasteiger partial charge on any atom is 0.262 e. The van der Waals surface area contributed by atoms with Gasteiger partial charge >= 0.3 is 0 Å². The molecule has 122 valence electrons. The molecule has 0 fully saturated rings. The van der Waals surface area contributed by atoms with Crippen LogP contribution < -0.4 is 10.1 Å². The molecule has 0 spiro atoms. The molecule has 3 nitrogen and oxygen atoms in total. The predicted octanol–water partition coefficient (Wildman–Crippen LogP) is 4.67. The third-order valence-corrected chi connectivity index (χ3v) is 4.55. The van der Waals surface area contributed by atoms with E-state index in [1.807, 2.05) is 79.0 Å². The van der Waals surface area contributed by atoms with Gasteiger partial charge in [0.15, 0.2) is 0 Å². The molecule has 1 aromatic heterocycles. The molecule has 3 aromatic rings. The van der Waals surface area contributed by atoms with E-state index in [0.29, 0.717) is 11.5 Å². The maximum absolute atomic E-state index is 12.5. The van der Waals surface area contributed by atoms with E-state index in [0.717, 1.165) is 16.9 Å². The van der Waals surface area contributed by atoms with Gasteiger partial charge in [0.2, 0.25) is 0 Å². The van der Waals surface area contributed by atoms with E-state index in [9.17, 15) is 4.79 Å². The van der Waals surface area contributed by atoms with Gasteiger partial charge in [-0.2, -0.15) is 0 Å². The van der Waals surface area contributed by atoms with Crippen LogP contribution >= 0.6 is 11.3 Å². The summed E-state index contributed by atoms with van der Waals surface area (Å²) in [6.07, 6.45) is 0. The minimum Gasteiger partial charge on any atom is -0.494 e. The van der Waals surface area contributed by atoms with Crippen LogP contribution in [0.15, 0.2) is 72.1 Å². The Bertz CT molecular complexity index is 767. The minimum atomic E-state index is -0.198. The van der Waals surface area contributed by atoms with Crippen molar-refractivity contribution in [3.05, 3.63) is 88.1 Å². The summed E-state index contributed by atoms with van der Waals surface area (Å²) in [6.45, 7) is 2.60. The van der Waals surface area contributed by atoms with E-state index in [1.165, 1.54) is 11.3 Å². The smallest absolute Gasteiger partial charge is 0.262 e. The Morgan fingerprint density at radius 1 is 1.00 bits per heavy atom. The van der Waals surface area contributed by atoms with Gasteiger partial charge in [-0.1, -0.05) is 48.5 Å². The number of amides is 1. The van der Waals surface area contributed by atoms with Crippen molar-refractivity contribution in [2.24, 2.45) is 0 Å². The first kappa shape index (κ1) is 16.3. The summed E-state index contributed by atoms with van der Waals surface area (Å²) in [5, 5.41) is 5.04. The van der Waals surface area contributed by atoms with Crippen LogP contribution in [0.1, 0.15) is 33.8 Å². The molecule has 3 rings (SSSR count). The number of benzene rings is 2. The van der Waals surface area contributed by atoms with Crippen LogP contribution in [0.3, 0.4) is 0 Å². The van der Waals surface area contributed by atoms with Crippen LogP contribution in [0.5, 0.6) is 5.75 Å². The third kappa shape index (κ3) is 3.84. The second-order valence-corrected chi connectivity index (χ2v) is 6.24. The van der Waals surface area contributed by atoms with Crippen molar-refractivity contribution in [1.29, 1.82) is 0 Å². The largest absolute Gasteiger partial charge is 0.494 e. The molecular weight excluding hydrogens is 318 g/mol. The summed E-state index contributed by atoms with van der Waals surface area (Å²) >= 11 is 1.44. The fourth-order valence-corrected chi connectivity index (χ4v) is 3.16. The normalized spacial score (nSPS) is 11.7. The lowest BCUT2D eigenvalue weighted by atomic mass is 9.98. The molecule has 4 heteroatoms. The number of nitrogens with one attached hydrogen (secondary N) is 1. The van der Waals surface area contributed by atoms with Crippen molar-refractivity contribution in [3.63, 3.8) is 0 Å². The quantitative estimate of drug-likeness (QED) is 0.710. The molecule has 0 aliphatic rings. The summed E-state index contributed by atoms with van der Waals surface area (Å²) in [4.78, 5) is 13.2. The highest BCUT2D eigenvalue weighted by Crippen LogP contribution is 2.25. The van der Waals surface area contributed by atoms with Gasteiger partial charge in [-0.15, -0.1) is 11.3 Å². The Morgan fingerprint density at radius 2 is 1.71 bits per heavy atom. The first-order valence-electron chi connectivity index (χ1n) is 7.90. The van der Waals surface area contributed by atoms with Crippen molar-refractivity contribution in [1.82, 2.24) is 5.32 Å². The second-order valence-electron chi connectivity index (χ2n) is 5.30. The van der Waals surface area contributed by atoms with E-state index in [2.05, 4.69) is 5.32 Å². The molecule has 0 bridgehead atoms. The first-order chi connectivity index (χ1) is 11.8. The van der Waals surface area contributed by atoms with Crippen LogP contribution in [0.25, 0.3) is 0 Å². The van der Waals surface area contributed by atoms with E-state index in [4.69, 9.17) is 4.74 Å². The van der Waals surface area contributed by atoms with Crippen LogP contribution in [0.2, 0.25) is 0 Å². The van der Waals surface area contributed by atoms with Crippen molar-refractivity contribution in [3.8, 4) is 5.75 Å². The summed E-state index contributed by atoms with van der Waals surface area (Å²) in [5.41, 5.74) is 2.07. The summed E-state index contributed by atoms with van der Waals surface area (Å²) in [6, 6.07) is 21.4. The molecule has 1 amide bonds. The minimum absolute atomic E-state index is 0.0623. The average molecular weight is 337 g/mol. The Hall–Kier alpha value is -2.59. The third-order valence-electron chi connectivity index (χ3n) is 3.68. The second kappa shape index (κ2) is 7.79. The van der Waals surface area contributed by atoms with Crippen molar-refractivity contribution >= 4 is 17.2 Å². The molecule has 2 aromatic carbocycles. The fourth-order valence-electron chi connectivity index (χ4n) is 2.54. The zero-order chi connectivity index (χ0) is 16.8. The zero-order valence-electron chi connectivity index (χ0n) is 13.4. The number of thiophene rings is 1. The Kier molecular flexibility index (Phi) is 5.29. The highest BCUT2D eigenvalue weighted by atomic mass is 32.1. The summed E-state index contributed by atoms with van der Waals surface area (Å²) in [5.74, 6) is 0.769. The monoisotopic (exact) mass is 337 g/mol. The molecule has 1 heterocycles. The molecular formula is C20H19NO2S. The standard InChI is InChI=1S/C20H19NO2S/c1-2-23-17-12-10-16(11-13-17)19(15-7-4-3-5-8-15)21-20(22)18-9-6-14-24-18/h3-14,19H,2H2,1H3,(H,21,22)/t19-/m0/s1. The number of rotatable bonds is 6. The lowest BCUT2D eigenvalue weighted by molar-refractivity contribution is 0.0947. The molecule has 24 heavy (non-hydrogen) atoms. The van der Waals surface area contributed by atoms with Gasteiger partial charge in [0, 0.05) is 0 Å². The van der Waals surface area contributed by atoms with E-state index in [-0.39, 0.29) is 11.9 Å². The topological polar surface area (TPSA) is 38.3 Å². The van der Waals surface area contributed by atoms with Crippen molar-refractivity contribution < 1.29 is 9.53 Å². The first-order valence-corrected chi connectivity index (χ1v) is 8.78. The molecule has 1 atom stereocenters. The van der Waals surface area contributed by atoms with E-state index >= 15 is 0 Å². The lowest BCUT2D eigenvalue weighted by Gasteiger charge is -2.20. The summed E-state index contributed by atoms with van der Waals surface area (Å²) in [7, 11) is 0. The number of hydrogen-bond donors (Lipinski definition) is 1. The maximum atomic E-state index is 12.5. The van der Waals surface area contributed by atoms with Gasteiger partial charge in [0.05, 0.1) is 17.5 Å². The van der Waals surface area contributed by atoms with Gasteiger partial charge < -0.3 is 10.1 Å². The van der Waals surface area contributed by atoms with E-state index < -0.39 is 0 Å².